The van der Waals surface area contributed by atoms with Crippen molar-refractivity contribution >= 4 is 5.97 Å². The van der Waals surface area contributed by atoms with Gasteiger partial charge in [-0.2, -0.15) is 5.10 Å². The lowest BCUT2D eigenvalue weighted by Gasteiger charge is -2.31. The third-order valence-corrected chi connectivity index (χ3v) is 3.74. The second kappa shape index (κ2) is 6.01. The molecule has 3 rings (SSSR count). The van der Waals surface area contributed by atoms with E-state index in [4.69, 9.17) is 5.11 Å². The number of aromatic carboxylic acids is 1. The number of hydrogen-bond donors (Lipinski definition) is 2. The smallest absolute Gasteiger partial charge is 0.354 e. The minimum Gasteiger partial charge on any atom is -0.477 e. The fourth-order valence-corrected chi connectivity index (χ4v) is 2.75. The number of hydrogen-bond acceptors (Lipinski definition) is 5. The highest BCUT2D eigenvalue weighted by Crippen LogP contribution is 2.24. The van der Waals surface area contributed by atoms with Gasteiger partial charge in [0.1, 0.15) is 17.8 Å². The van der Waals surface area contributed by atoms with Gasteiger partial charge in [-0.3, -0.25) is 10.00 Å². The first-order valence-electron chi connectivity index (χ1n) is 6.99. The first-order chi connectivity index (χ1) is 10.2. The summed E-state index contributed by atoms with van der Waals surface area (Å²) < 4.78 is 0. The molecule has 1 saturated heterocycles. The normalized spacial score (nSPS) is 19.5. The van der Waals surface area contributed by atoms with E-state index in [1.54, 1.807) is 6.07 Å². The molecule has 0 saturated carbocycles. The van der Waals surface area contributed by atoms with Crippen LogP contribution < -0.4 is 0 Å². The number of carboxylic acids is 1. The molecule has 1 atom stereocenters. The molecule has 0 radical (unpaired) electrons. The number of piperidine rings is 1. The van der Waals surface area contributed by atoms with Gasteiger partial charge in [-0.25, -0.2) is 14.8 Å². The van der Waals surface area contributed by atoms with Gasteiger partial charge in [0.2, 0.25) is 0 Å². The fourth-order valence-electron chi connectivity index (χ4n) is 2.75. The quantitative estimate of drug-likeness (QED) is 0.879. The Hall–Kier alpha value is -2.28. The summed E-state index contributed by atoms with van der Waals surface area (Å²) in [5.74, 6) is 0.283. The molecule has 1 fully saturated rings. The topological polar surface area (TPSA) is 95.0 Å². The molecule has 1 aliphatic heterocycles. The highest BCUT2D eigenvalue weighted by molar-refractivity contribution is 5.85. The molecule has 1 aliphatic rings. The number of carbonyl (C=O) groups is 1. The molecule has 2 aromatic heterocycles. The van der Waals surface area contributed by atoms with Crippen molar-refractivity contribution < 1.29 is 9.90 Å². The van der Waals surface area contributed by atoms with Gasteiger partial charge < -0.3 is 5.11 Å². The number of likely N-dealkylation sites (tertiary alicyclic amines) is 1. The van der Waals surface area contributed by atoms with Gasteiger partial charge in [0.15, 0.2) is 0 Å². The van der Waals surface area contributed by atoms with Crippen LogP contribution in [0.1, 0.15) is 40.8 Å². The first kappa shape index (κ1) is 13.7. The number of aromatic amines is 1. The van der Waals surface area contributed by atoms with Crippen molar-refractivity contribution in [1.29, 1.82) is 0 Å². The Balaban J connectivity index is 1.67. The lowest BCUT2D eigenvalue weighted by atomic mass is 9.97. The Morgan fingerprint density at radius 2 is 2.38 bits per heavy atom. The Morgan fingerprint density at radius 3 is 3.14 bits per heavy atom. The van der Waals surface area contributed by atoms with E-state index in [0.29, 0.717) is 12.5 Å². The van der Waals surface area contributed by atoms with E-state index in [0.717, 1.165) is 37.4 Å². The molecule has 7 nitrogen and oxygen atoms in total. The lowest BCUT2D eigenvalue weighted by molar-refractivity contribution is 0.0689. The molecule has 3 heterocycles. The van der Waals surface area contributed by atoms with Crippen molar-refractivity contribution in [2.24, 2.45) is 0 Å². The van der Waals surface area contributed by atoms with Gasteiger partial charge in [-0.1, -0.05) is 6.07 Å². The van der Waals surface area contributed by atoms with Gasteiger partial charge in [-0.05, 0) is 31.5 Å². The number of pyridine rings is 1. The van der Waals surface area contributed by atoms with Crippen LogP contribution in [-0.2, 0) is 6.54 Å². The van der Waals surface area contributed by atoms with Gasteiger partial charge >= 0.3 is 5.97 Å². The van der Waals surface area contributed by atoms with E-state index in [2.05, 4.69) is 25.1 Å². The van der Waals surface area contributed by atoms with Gasteiger partial charge in [0.25, 0.3) is 0 Å². The van der Waals surface area contributed by atoms with Crippen molar-refractivity contribution in [2.45, 2.75) is 25.3 Å². The van der Waals surface area contributed by atoms with Crippen molar-refractivity contribution in [3.05, 3.63) is 41.7 Å². The van der Waals surface area contributed by atoms with Crippen LogP contribution in [0.2, 0.25) is 0 Å². The van der Waals surface area contributed by atoms with Gasteiger partial charge in [-0.15, -0.1) is 0 Å². The van der Waals surface area contributed by atoms with E-state index >= 15 is 0 Å². The number of H-pyrrole nitrogens is 1. The average molecular weight is 287 g/mol. The van der Waals surface area contributed by atoms with E-state index in [-0.39, 0.29) is 5.69 Å². The number of nitrogens with one attached hydrogen (secondary N) is 1. The van der Waals surface area contributed by atoms with Gasteiger partial charge in [0, 0.05) is 19.0 Å². The standard InChI is InChI=1S/C14H17N5O2/c20-14(21)12-5-1-4-11(17-12)8-19-6-2-3-10(7-19)13-15-9-16-18-13/h1,4-5,9-10H,2-3,6-8H2,(H,20,21)(H,15,16,18). The third kappa shape index (κ3) is 3.25. The van der Waals surface area contributed by atoms with Crippen molar-refractivity contribution in [1.82, 2.24) is 25.1 Å². The zero-order valence-electron chi connectivity index (χ0n) is 11.6. The van der Waals surface area contributed by atoms with Crippen LogP contribution in [0.3, 0.4) is 0 Å². The summed E-state index contributed by atoms with van der Waals surface area (Å²) in [5.41, 5.74) is 0.879. The molecular formula is C14H17N5O2. The second-order valence-electron chi connectivity index (χ2n) is 5.26. The molecule has 0 spiro atoms. The number of aromatic nitrogens is 4. The third-order valence-electron chi connectivity index (χ3n) is 3.74. The minimum absolute atomic E-state index is 0.0938. The van der Waals surface area contributed by atoms with Crippen LogP contribution in [-0.4, -0.2) is 49.2 Å². The molecule has 0 amide bonds. The Kier molecular flexibility index (Phi) is 3.92. The molecule has 0 bridgehead atoms. The predicted octanol–water partition coefficient (Wildman–Crippen LogP) is 1.28. The largest absolute Gasteiger partial charge is 0.477 e. The maximum atomic E-state index is 11.0. The van der Waals surface area contributed by atoms with Crippen molar-refractivity contribution in [3.63, 3.8) is 0 Å². The highest BCUT2D eigenvalue weighted by Gasteiger charge is 2.23. The molecule has 0 aliphatic carbocycles. The van der Waals surface area contributed by atoms with Crippen LogP contribution in [0.4, 0.5) is 0 Å². The Morgan fingerprint density at radius 1 is 1.48 bits per heavy atom. The summed E-state index contributed by atoms with van der Waals surface area (Å²) in [5, 5.41) is 15.8. The fraction of sp³-hybridized carbons (Fsp3) is 0.429. The molecule has 2 N–H and O–H groups in total. The first-order valence-corrected chi connectivity index (χ1v) is 6.99. The van der Waals surface area contributed by atoms with Crippen LogP contribution in [0.25, 0.3) is 0 Å². The molecule has 110 valence electrons. The molecule has 0 aromatic carbocycles. The lowest BCUT2D eigenvalue weighted by Crippen LogP contribution is -2.34. The maximum absolute atomic E-state index is 11.0. The Labute approximate surface area is 122 Å². The zero-order chi connectivity index (χ0) is 14.7. The second-order valence-corrected chi connectivity index (χ2v) is 5.26. The molecule has 2 aromatic rings. The summed E-state index contributed by atoms with van der Waals surface area (Å²) in [6.07, 6.45) is 3.71. The highest BCUT2D eigenvalue weighted by atomic mass is 16.4. The van der Waals surface area contributed by atoms with Gasteiger partial charge in [0.05, 0.1) is 5.69 Å². The summed E-state index contributed by atoms with van der Waals surface area (Å²) in [6, 6.07) is 5.12. The van der Waals surface area contributed by atoms with E-state index in [9.17, 15) is 4.79 Å². The number of rotatable bonds is 4. The molecule has 7 heteroatoms. The van der Waals surface area contributed by atoms with Crippen molar-refractivity contribution in [3.8, 4) is 0 Å². The zero-order valence-corrected chi connectivity index (χ0v) is 11.6. The van der Waals surface area contributed by atoms with E-state index in [1.807, 2.05) is 6.07 Å². The molecule has 21 heavy (non-hydrogen) atoms. The van der Waals surface area contributed by atoms with Crippen LogP contribution >= 0.6 is 0 Å². The average Bonchev–Trinajstić information content (AvgIpc) is 3.02. The minimum atomic E-state index is -0.991. The van der Waals surface area contributed by atoms with Crippen LogP contribution in [0.15, 0.2) is 24.5 Å². The van der Waals surface area contributed by atoms with E-state index < -0.39 is 5.97 Å². The van der Waals surface area contributed by atoms with Crippen LogP contribution in [0.5, 0.6) is 0 Å². The molecule has 1 unspecified atom stereocenters. The predicted molar refractivity (Wildman–Crippen MR) is 74.8 cm³/mol. The summed E-state index contributed by atoms with van der Waals surface area (Å²) >= 11 is 0. The van der Waals surface area contributed by atoms with E-state index in [1.165, 1.54) is 12.4 Å². The van der Waals surface area contributed by atoms with Crippen LogP contribution in [0, 0.1) is 0 Å². The number of nitrogens with zero attached hydrogens (tertiary/aromatic N) is 4. The Bertz CT molecular complexity index is 614. The summed E-state index contributed by atoms with van der Waals surface area (Å²) in [7, 11) is 0. The monoisotopic (exact) mass is 287 g/mol. The SMILES string of the molecule is O=C(O)c1cccc(CN2CCCC(c3ncn[nH]3)C2)n1. The molecular weight excluding hydrogens is 270 g/mol. The van der Waals surface area contributed by atoms with Crippen molar-refractivity contribution in [2.75, 3.05) is 13.1 Å². The summed E-state index contributed by atoms with van der Waals surface area (Å²) in [6.45, 7) is 2.53. The summed E-state index contributed by atoms with van der Waals surface area (Å²) in [4.78, 5) is 21.6. The number of carboxylic acid groups (broad SMARTS) is 1. The maximum Gasteiger partial charge on any atom is 0.354 e.